The van der Waals surface area contributed by atoms with Crippen molar-refractivity contribution in [1.29, 1.82) is 0 Å². The van der Waals surface area contributed by atoms with Crippen LogP contribution in [0.25, 0.3) is 6.08 Å². The molecule has 1 aliphatic heterocycles. The molecule has 0 radical (unpaired) electrons. The van der Waals surface area contributed by atoms with E-state index in [2.05, 4.69) is 41.8 Å². The van der Waals surface area contributed by atoms with Gasteiger partial charge in [-0.2, -0.15) is 0 Å². The number of nitrogens with zero attached hydrogens (tertiary/aromatic N) is 1. The number of hydrogen-bond donors (Lipinski definition) is 0. The average Bonchev–Trinajstić information content (AvgIpc) is 3.48. The summed E-state index contributed by atoms with van der Waals surface area (Å²) in [4.78, 5) is 1.50. The summed E-state index contributed by atoms with van der Waals surface area (Å²) >= 11 is 1.68. The molecule has 33 heavy (non-hydrogen) atoms. The summed E-state index contributed by atoms with van der Waals surface area (Å²) < 4.78 is 29.1. The summed E-state index contributed by atoms with van der Waals surface area (Å²) in [6, 6.07) is 29.4. The van der Waals surface area contributed by atoms with Crippen LogP contribution in [0.3, 0.4) is 0 Å². The van der Waals surface area contributed by atoms with Crippen LogP contribution in [0.15, 0.2) is 107 Å². The van der Waals surface area contributed by atoms with Gasteiger partial charge in [0.1, 0.15) is 0 Å². The van der Waals surface area contributed by atoms with Crippen molar-refractivity contribution >= 4 is 33.1 Å². The molecular weight excluding hydrogens is 446 g/mol. The van der Waals surface area contributed by atoms with E-state index >= 15 is 0 Å². The molecular formula is C28H25NO2S2. The highest BCUT2D eigenvalue weighted by Crippen LogP contribution is 2.50. The second kappa shape index (κ2) is 8.65. The first kappa shape index (κ1) is 21.7. The third-order valence-corrected chi connectivity index (χ3v) is 9.13. The van der Waals surface area contributed by atoms with E-state index < -0.39 is 15.4 Å². The highest BCUT2D eigenvalue weighted by Gasteiger charge is 2.47. The Bertz CT molecular complexity index is 1380. The topological polar surface area (TPSA) is 37.4 Å². The molecule has 0 amide bonds. The Morgan fingerprint density at radius 1 is 0.909 bits per heavy atom. The predicted octanol–water partition coefficient (Wildman–Crippen LogP) is 6.66. The van der Waals surface area contributed by atoms with Crippen LogP contribution in [0.1, 0.15) is 28.0 Å². The van der Waals surface area contributed by atoms with E-state index in [9.17, 15) is 8.42 Å². The van der Waals surface area contributed by atoms with Gasteiger partial charge in [0.15, 0.2) is 0 Å². The molecule has 0 saturated carbocycles. The second-order valence-corrected chi connectivity index (χ2v) is 11.2. The number of aryl methyl sites for hydroxylation is 1. The Kier molecular flexibility index (Phi) is 5.69. The number of allylic oxidation sites excluding steroid dienone is 1. The van der Waals surface area contributed by atoms with Gasteiger partial charge in [0, 0.05) is 11.4 Å². The molecule has 5 heteroatoms. The fourth-order valence-electron chi connectivity index (χ4n) is 4.56. The lowest BCUT2D eigenvalue weighted by Gasteiger charge is -2.29. The Balaban J connectivity index is 1.60. The molecule has 4 aromatic rings. The Morgan fingerprint density at radius 3 is 2.36 bits per heavy atom. The molecule has 5 rings (SSSR count). The first-order valence-corrected chi connectivity index (χ1v) is 13.3. The van der Waals surface area contributed by atoms with Crippen molar-refractivity contribution in [1.82, 2.24) is 0 Å². The number of para-hydroxylation sites is 1. The average molecular weight is 472 g/mol. The number of fused-ring (bicyclic) bond motifs is 1. The molecule has 0 aliphatic carbocycles. The summed E-state index contributed by atoms with van der Waals surface area (Å²) in [5.41, 5.74) is 3.55. The van der Waals surface area contributed by atoms with Gasteiger partial charge in [0.05, 0.1) is 16.0 Å². The molecule has 1 aromatic heterocycles. The number of thiophene rings is 1. The monoisotopic (exact) mass is 471 g/mol. The molecule has 1 unspecified atom stereocenters. The SMILES string of the molecule is Cc1ccc(S(=O)(=O)N2CC(C/C=C/c3ccccc3)(c3cccs3)c3ccccc32)cc1. The van der Waals surface area contributed by atoms with Crippen molar-refractivity contribution < 1.29 is 8.42 Å². The number of hydrogen-bond acceptors (Lipinski definition) is 3. The van der Waals surface area contributed by atoms with E-state index in [4.69, 9.17) is 0 Å². The van der Waals surface area contributed by atoms with E-state index in [1.54, 1.807) is 27.8 Å². The molecule has 2 heterocycles. The van der Waals surface area contributed by atoms with Gasteiger partial charge in [-0.1, -0.05) is 84.4 Å². The van der Waals surface area contributed by atoms with Crippen LogP contribution >= 0.6 is 11.3 Å². The molecule has 0 saturated heterocycles. The van der Waals surface area contributed by atoms with Gasteiger partial charge in [0.2, 0.25) is 0 Å². The standard InChI is InChI=1S/C28H25NO2S2/c1-22-15-17-24(18-16-22)33(30,31)29-21-28(27-14-8-20-32-27,25-12-5-6-13-26(25)29)19-7-11-23-9-3-2-4-10-23/h2-18,20H,19,21H2,1H3/b11-7+. The first-order valence-electron chi connectivity index (χ1n) is 11.0. The van der Waals surface area contributed by atoms with Crippen LogP contribution in [0.2, 0.25) is 0 Å². The summed E-state index contributed by atoms with van der Waals surface area (Å²) in [5, 5.41) is 2.07. The summed E-state index contributed by atoms with van der Waals surface area (Å²) in [7, 11) is -3.69. The molecule has 1 atom stereocenters. The molecule has 0 spiro atoms. The minimum atomic E-state index is -3.69. The van der Waals surface area contributed by atoms with Crippen molar-refractivity contribution in [3.8, 4) is 0 Å². The van der Waals surface area contributed by atoms with Crippen molar-refractivity contribution in [2.24, 2.45) is 0 Å². The number of anilines is 1. The van der Waals surface area contributed by atoms with Gasteiger partial charge < -0.3 is 0 Å². The maximum atomic E-state index is 13.8. The highest BCUT2D eigenvalue weighted by atomic mass is 32.2. The van der Waals surface area contributed by atoms with Gasteiger partial charge in [-0.05, 0) is 54.1 Å². The lowest BCUT2D eigenvalue weighted by atomic mass is 9.77. The quantitative estimate of drug-likeness (QED) is 0.315. The molecule has 1 aliphatic rings. The Morgan fingerprint density at radius 2 is 1.64 bits per heavy atom. The molecule has 0 bridgehead atoms. The summed E-state index contributed by atoms with van der Waals surface area (Å²) in [5.74, 6) is 0. The minimum Gasteiger partial charge on any atom is -0.265 e. The fourth-order valence-corrected chi connectivity index (χ4v) is 7.05. The van der Waals surface area contributed by atoms with E-state index in [1.807, 2.05) is 61.5 Å². The van der Waals surface area contributed by atoms with Crippen LogP contribution < -0.4 is 4.31 Å². The van der Waals surface area contributed by atoms with Crippen molar-refractivity contribution in [2.45, 2.75) is 23.7 Å². The van der Waals surface area contributed by atoms with Crippen molar-refractivity contribution in [2.75, 3.05) is 10.8 Å². The van der Waals surface area contributed by atoms with Crippen molar-refractivity contribution in [3.05, 3.63) is 124 Å². The third-order valence-electron chi connectivity index (χ3n) is 6.28. The lowest BCUT2D eigenvalue weighted by Crippen LogP contribution is -2.37. The molecule has 0 N–H and O–H groups in total. The first-order chi connectivity index (χ1) is 16.0. The van der Waals surface area contributed by atoms with Gasteiger partial charge in [-0.3, -0.25) is 4.31 Å². The zero-order chi connectivity index (χ0) is 22.9. The van der Waals surface area contributed by atoms with Crippen LogP contribution in [0.4, 0.5) is 5.69 Å². The van der Waals surface area contributed by atoms with Crippen LogP contribution in [0, 0.1) is 6.92 Å². The van der Waals surface area contributed by atoms with Gasteiger partial charge in [-0.25, -0.2) is 8.42 Å². The second-order valence-electron chi connectivity index (χ2n) is 8.42. The number of benzene rings is 3. The molecule has 0 fully saturated rings. The maximum Gasteiger partial charge on any atom is 0.264 e. The molecule has 166 valence electrons. The summed E-state index contributed by atoms with van der Waals surface area (Å²) in [6.45, 7) is 2.34. The van der Waals surface area contributed by atoms with E-state index in [0.29, 0.717) is 17.9 Å². The van der Waals surface area contributed by atoms with E-state index in [0.717, 1.165) is 22.4 Å². The van der Waals surface area contributed by atoms with Gasteiger partial charge in [-0.15, -0.1) is 11.3 Å². The zero-order valence-electron chi connectivity index (χ0n) is 18.4. The highest BCUT2D eigenvalue weighted by molar-refractivity contribution is 7.92. The van der Waals surface area contributed by atoms with E-state index in [1.165, 1.54) is 4.88 Å². The smallest absolute Gasteiger partial charge is 0.264 e. The van der Waals surface area contributed by atoms with E-state index in [-0.39, 0.29) is 0 Å². The van der Waals surface area contributed by atoms with Gasteiger partial charge in [0.25, 0.3) is 10.0 Å². The number of rotatable bonds is 6. The minimum absolute atomic E-state index is 0.324. The zero-order valence-corrected chi connectivity index (χ0v) is 20.0. The Labute approximate surface area is 199 Å². The van der Waals surface area contributed by atoms with Crippen LogP contribution in [0.5, 0.6) is 0 Å². The third kappa shape index (κ3) is 3.92. The Hall–Kier alpha value is -3.15. The predicted molar refractivity (Wildman–Crippen MR) is 137 cm³/mol. The fraction of sp³-hybridized carbons (Fsp3) is 0.143. The van der Waals surface area contributed by atoms with Crippen LogP contribution in [-0.2, 0) is 15.4 Å². The van der Waals surface area contributed by atoms with Crippen molar-refractivity contribution in [3.63, 3.8) is 0 Å². The number of sulfonamides is 1. The largest absolute Gasteiger partial charge is 0.265 e. The molecule has 3 nitrogen and oxygen atoms in total. The summed E-state index contributed by atoms with van der Waals surface area (Å²) in [6.07, 6.45) is 5.00. The maximum absolute atomic E-state index is 13.8. The molecule has 3 aromatic carbocycles. The van der Waals surface area contributed by atoms with Gasteiger partial charge >= 0.3 is 0 Å². The normalized spacial score (nSPS) is 18.0. The van der Waals surface area contributed by atoms with Crippen LogP contribution in [-0.4, -0.2) is 15.0 Å². The lowest BCUT2D eigenvalue weighted by molar-refractivity contribution is 0.558.